The molecule has 3 aromatic rings. The number of nitrogens with one attached hydrogen (secondary N) is 1. The Hall–Kier alpha value is -2.74. The highest BCUT2D eigenvalue weighted by molar-refractivity contribution is 7.15. The molecule has 0 saturated carbocycles. The van der Waals surface area contributed by atoms with Crippen LogP contribution in [0.4, 0.5) is 9.52 Å². The third-order valence-electron chi connectivity index (χ3n) is 2.83. The van der Waals surface area contributed by atoms with Crippen LogP contribution in [-0.4, -0.2) is 16.1 Å². The number of aryl methyl sites for hydroxylation is 1. The first-order valence-corrected chi connectivity index (χ1v) is 7.50. The first kappa shape index (κ1) is 15.2. The fourth-order valence-corrected chi connectivity index (χ4v) is 2.36. The molecule has 0 aliphatic rings. The van der Waals surface area contributed by atoms with Crippen LogP contribution in [0.3, 0.4) is 0 Å². The topological polar surface area (TPSA) is 77.2 Å². The van der Waals surface area contributed by atoms with E-state index in [1.807, 2.05) is 0 Å². The van der Waals surface area contributed by atoms with Crippen molar-refractivity contribution in [3.63, 3.8) is 0 Å². The second kappa shape index (κ2) is 6.57. The van der Waals surface area contributed by atoms with Crippen LogP contribution in [0.15, 0.2) is 40.8 Å². The van der Waals surface area contributed by atoms with E-state index in [0.717, 1.165) is 5.01 Å². The van der Waals surface area contributed by atoms with E-state index in [0.29, 0.717) is 16.6 Å². The molecule has 0 aliphatic carbocycles. The third-order valence-corrected chi connectivity index (χ3v) is 3.58. The Morgan fingerprint density at radius 2 is 2.04 bits per heavy atom. The van der Waals surface area contributed by atoms with Crippen molar-refractivity contribution in [1.29, 1.82) is 0 Å². The van der Waals surface area contributed by atoms with Gasteiger partial charge in [0.1, 0.15) is 28.9 Å². The molecule has 0 fully saturated rings. The largest absolute Gasteiger partial charge is 0.486 e. The minimum absolute atomic E-state index is 0.136. The molecule has 1 N–H and O–H groups in total. The summed E-state index contributed by atoms with van der Waals surface area (Å²) in [7, 11) is 0. The summed E-state index contributed by atoms with van der Waals surface area (Å²) in [5.74, 6) is 0.400. The van der Waals surface area contributed by atoms with Crippen LogP contribution in [0.1, 0.15) is 21.3 Å². The molecule has 8 heteroatoms. The van der Waals surface area contributed by atoms with E-state index in [-0.39, 0.29) is 18.2 Å². The lowest BCUT2D eigenvalue weighted by molar-refractivity contribution is 0.0992. The van der Waals surface area contributed by atoms with E-state index in [4.69, 9.17) is 9.15 Å². The Morgan fingerprint density at radius 1 is 1.26 bits per heavy atom. The van der Waals surface area contributed by atoms with Crippen molar-refractivity contribution in [3.8, 4) is 5.75 Å². The molecule has 3 rings (SSSR count). The number of rotatable bonds is 5. The molecular formula is C15H12FN3O3S. The lowest BCUT2D eigenvalue weighted by atomic mass is 10.3. The number of amides is 1. The van der Waals surface area contributed by atoms with E-state index in [1.165, 1.54) is 35.6 Å². The van der Waals surface area contributed by atoms with Gasteiger partial charge in [-0.25, -0.2) is 4.39 Å². The molecule has 1 amide bonds. The first-order valence-electron chi connectivity index (χ1n) is 6.69. The first-order chi connectivity index (χ1) is 11.1. The minimum atomic E-state index is -0.408. The second-order valence-corrected chi connectivity index (χ2v) is 5.77. The van der Waals surface area contributed by atoms with Gasteiger partial charge in [0.25, 0.3) is 5.91 Å². The highest BCUT2D eigenvalue weighted by Crippen LogP contribution is 2.18. The van der Waals surface area contributed by atoms with E-state index in [2.05, 4.69) is 15.5 Å². The lowest BCUT2D eigenvalue weighted by Gasteiger charge is -2.03. The van der Waals surface area contributed by atoms with Crippen molar-refractivity contribution in [3.05, 3.63) is 58.7 Å². The number of carbonyl (C=O) groups excluding carboxylic acids is 1. The van der Waals surface area contributed by atoms with Crippen LogP contribution in [0, 0.1) is 12.7 Å². The van der Waals surface area contributed by atoms with Crippen molar-refractivity contribution in [1.82, 2.24) is 10.2 Å². The quantitative estimate of drug-likeness (QED) is 0.774. The van der Waals surface area contributed by atoms with Gasteiger partial charge in [-0.15, -0.1) is 10.2 Å². The zero-order valence-electron chi connectivity index (χ0n) is 12.1. The number of carbonyl (C=O) groups is 1. The summed E-state index contributed by atoms with van der Waals surface area (Å²) in [4.78, 5) is 12.0. The van der Waals surface area contributed by atoms with Crippen molar-refractivity contribution in [2.75, 3.05) is 5.32 Å². The second-order valence-electron chi connectivity index (χ2n) is 4.59. The molecule has 0 radical (unpaired) electrons. The van der Waals surface area contributed by atoms with Gasteiger partial charge in [-0.1, -0.05) is 11.3 Å². The van der Waals surface area contributed by atoms with Gasteiger partial charge in [-0.3, -0.25) is 10.1 Å². The van der Waals surface area contributed by atoms with E-state index in [1.54, 1.807) is 19.1 Å². The molecule has 23 heavy (non-hydrogen) atoms. The maximum Gasteiger partial charge on any atom is 0.293 e. The number of hydrogen-bond donors (Lipinski definition) is 1. The van der Waals surface area contributed by atoms with E-state index >= 15 is 0 Å². The van der Waals surface area contributed by atoms with Gasteiger partial charge >= 0.3 is 0 Å². The van der Waals surface area contributed by atoms with Crippen molar-refractivity contribution in [2.45, 2.75) is 13.5 Å². The van der Waals surface area contributed by atoms with Gasteiger partial charge < -0.3 is 9.15 Å². The highest BCUT2D eigenvalue weighted by atomic mass is 32.1. The van der Waals surface area contributed by atoms with Crippen molar-refractivity contribution < 1.29 is 18.3 Å². The summed E-state index contributed by atoms with van der Waals surface area (Å²) in [5.41, 5.74) is 0. The lowest BCUT2D eigenvalue weighted by Crippen LogP contribution is -2.10. The number of anilines is 1. The predicted molar refractivity (Wildman–Crippen MR) is 82.0 cm³/mol. The van der Waals surface area contributed by atoms with Gasteiger partial charge in [0, 0.05) is 0 Å². The molecule has 2 heterocycles. The highest BCUT2D eigenvalue weighted by Gasteiger charge is 2.13. The van der Waals surface area contributed by atoms with Crippen LogP contribution in [-0.2, 0) is 6.61 Å². The average molecular weight is 333 g/mol. The number of aromatic nitrogens is 2. The molecular weight excluding hydrogens is 321 g/mol. The molecule has 0 saturated heterocycles. The SMILES string of the molecule is Cc1nnc(NC(=O)c2ccc(COc3ccc(F)cc3)o2)s1. The van der Waals surface area contributed by atoms with Crippen LogP contribution in [0.25, 0.3) is 0 Å². The fraction of sp³-hybridized carbons (Fsp3) is 0.133. The molecule has 118 valence electrons. The van der Waals surface area contributed by atoms with Crippen molar-refractivity contribution in [2.24, 2.45) is 0 Å². The molecule has 0 spiro atoms. The zero-order chi connectivity index (χ0) is 16.2. The summed E-state index contributed by atoms with van der Waals surface area (Å²) < 4.78 is 23.7. The molecule has 0 aliphatic heterocycles. The molecule has 0 unspecified atom stereocenters. The van der Waals surface area contributed by atoms with E-state index < -0.39 is 5.91 Å². The smallest absolute Gasteiger partial charge is 0.293 e. The van der Waals surface area contributed by atoms with Gasteiger partial charge in [0.15, 0.2) is 5.76 Å². The molecule has 0 bridgehead atoms. The molecule has 0 atom stereocenters. The Bertz CT molecular complexity index is 813. The summed E-state index contributed by atoms with van der Waals surface area (Å²) in [5, 5.41) is 11.4. The number of nitrogens with zero attached hydrogens (tertiary/aromatic N) is 2. The number of halogens is 1. The monoisotopic (exact) mass is 333 g/mol. The van der Waals surface area contributed by atoms with Gasteiger partial charge in [0.2, 0.25) is 5.13 Å². The Kier molecular flexibility index (Phi) is 4.33. The van der Waals surface area contributed by atoms with Gasteiger partial charge in [-0.2, -0.15) is 0 Å². The summed E-state index contributed by atoms with van der Waals surface area (Å²) in [6.45, 7) is 1.93. The normalized spacial score (nSPS) is 10.5. The van der Waals surface area contributed by atoms with Gasteiger partial charge in [-0.05, 0) is 43.3 Å². The van der Waals surface area contributed by atoms with Crippen LogP contribution < -0.4 is 10.1 Å². The Balaban J connectivity index is 1.59. The van der Waals surface area contributed by atoms with Crippen LogP contribution in [0.5, 0.6) is 5.75 Å². The third kappa shape index (κ3) is 3.92. The molecule has 1 aromatic carbocycles. The standard InChI is InChI=1S/C15H12FN3O3S/c1-9-18-19-15(23-9)17-14(20)13-7-6-12(22-13)8-21-11-4-2-10(16)3-5-11/h2-7H,8H2,1H3,(H,17,19,20). The average Bonchev–Trinajstić information content (AvgIpc) is 3.16. The van der Waals surface area contributed by atoms with E-state index in [9.17, 15) is 9.18 Å². The number of benzene rings is 1. The van der Waals surface area contributed by atoms with Gasteiger partial charge in [0.05, 0.1) is 0 Å². The number of furan rings is 1. The summed E-state index contributed by atoms with van der Waals surface area (Å²) in [6.07, 6.45) is 0. The number of hydrogen-bond acceptors (Lipinski definition) is 6. The number of ether oxygens (including phenoxy) is 1. The Morgan fingerprint density at radius 3 is 2.74 bits per heavy atom. The summed E-state index contributed by atoms with van der Waals surface area (Å²) >= 11 is 1.28. The van der Waals surface area contributed by atoms with Crippen LogP contribution in [0.2, 0.25) is 0 Å². The fourth-order valence-electron chi connectivity index (χ4n) is 1.77. The molecule has 6 nitrogen and oxygen atoms in total. The van der Waals surface area contributed by atoms with Crippen LogP contribution >= 0.6 is 11.3 Å². The molecule has 2 aromatic heterocycles. The zero-order valence-corrected chi connectivity index (χ0v) is 12.9. The minimum Gasteiger partial charge on any atom is -0.486 e. The van der Waals surface area contributed by atoms with Crippen molar-refractivity contribution >= 4 is 22.4 Å². The maximum absolute atomic E-state index is 12.8. The Labute approximate surface area is 134 Å². The maximum atomic E-state index is 12.8. The predicted octanol–water partition coefficient (Wildman–Crippen LogP) is 3.41. The summed E-state index contributed by atoms with van der Waals surface area (Å²) in [6, 6.07) is 8.84.